The summed E-state index contributed by atoms with van der Waals surface area (Å²) in [4.78, 5) is 29.6. The topological polar surface area (TPSA) is 49.9 Å². The van der Waals surface area contributed by atoms with Gasteiger partial charge in [0.1, 0.15) is 12.4 Å². The van der Waals surface area contributed by atoms with Crippen molar-refractivity contribution in [1.82, 2.24) is 9.80 Å². The van der Waals surface area contributed by atoms with Crippen LogP contribution in [-0.4, -0.2) is 59.3 Å². The predicted octanol–water partition coefficient (Wildman–Crippen LogP) is 3.97. The van der Waals surface area contributed by atoms with Gasteiger partial charge in [-0.15, -0.1) is 11.8 Å². The number of carbonyl (C=O) groups excluding carboxylic acids is 2. The Kier molecular flexibility index (Phi) is 6.57. The van der Waals surface area contributed by atoms with Crippen LogP contribution in [0.2, 0.25) is 0 Å². The van der Waals surface area contributed by atoms with Gasteiger partial charge in [0.05, 0.1) is 11.8 Å². The number of benzene rings is 2. The normalized spacial score (nSPS) is 19.8. The van der Waals surface area contributed by atoms with Crippen molar-refractivity contribution in [3.8, 4) is 0 Å². The van der Waals surface area contributed by atoms with Crippen LogP contribution in [0.3, 0.4) is 0 Å². The Balaban J connectivity index is 1.29. The molecule has 2 fully saturated rings. The van der Waals surface area contributed by atoms with E-state index in [4.69, 9.17) is 4.74 Å². The Hall–Kier alpha value is -2.54. The second-order valence-electron chi connectivity index (χ2n) is 7.68. The lowest BCUT2D eigenvalue weighted by atomic mass is 9.99. The SMILES string of the molecule is O=C(CSc1ccc(F)cc1)N1CCC(N2C(=O)OC[C@H]2Cc2ccccc2)CC1. The highest BCUT2D eigenvalue weighted by Gasteiger charge is 2.39. The van der Waals surface area contributed by atoms with E-state index in [1.54, 1.807) is 12.1 Å². The number of likely N-dealkylation sites (tertiary alicyclic amines) is 1. The largest absolute Gasteiger partial charge is 0.447 e. The number of thioether (sulfide) groups is 1. The maximum absolute atomic E-state index is 13.0. The molecule has 2 aliphatic rings. The first kappa shape index (κ1) is 20.7. The summed E-state index contributed by atoms with van der Waals surface area (Å²) in [6.45, 7) is 1.69. The number of nitrogens with zero attached hydrogens (tertiary/aromatic N) is 2. The molecule has 0 N–H and O–H groups in total. The number of rotatable bonds is 6. The number of amides is 2. The molecular weight excluding hydrogens is 403 g/mol. The average Bonchev–Trinajstić information content (AvgIpc) is 3.14. The second kappa shape index (κ2) is 9.51. The molecule has 158 valence electrons. The molecule has 2 amide bonds. The van der Waals surface area contributed by atoms with Crippen molar-refractivity contribution in [3.63, 3.8) is 0 Å². The number of carbonyl (C=O) groups is 2. The summed E-state index contributed by atoms with van der Waals surface area (Å²) in [6, 6.07) is 16.5. The summed E-state index contributed by atoms with van der Waals surface area (Å²) < 4.78 is 18.3. The first-order valence-electron chi connectivity index (χ1n) is 10.3. The minimum absolute atomic E-state index is 0.0428. The molecule has 2 aliphatic heterocycles. The smallest absolute Gasteiger partial charge is 0.410 e. The van der Waals surface area contributed by atoms with Crippen LogP contribution in [0.5, 0.6) is 0 Å². The van der Waals surface area contributed by atoms with E-state index in [-0.39, 0.29) is 29.9 Å². The van der Waals surface area contributed by atoms with Gasteiger partial charge in [-0.3, -0.25) is 9.69 Å². The maximum atomic E-state index is 13.0. The highest BCUT2D eigenvalue weighted by molar-refractivity contribution is 8.00. The first-order chi connectivity index (χ1) is 14.6. The lowest BCUT2D eigenvalue weighted by molar-refractivity contribution is -0.129. The third kappa shape index (κ3) is 4.95. The molecular formula is C23H25FN2O3S. The number of hydrogen-bond donors (Lipinski definition) is 0. The van der Waals surface area contributed by atoms with Crippen molar-refractivity contribution in [2.45, 2.75) is 36.2 Å². The van der Waals surface area contributed by atoms with Crippen LogP contribution >= 0.6 is 11.8 Å². The molecule has 0 saturated carbocycles. The van der Waals surface area contributed by atoms with Gasteiger partial charge in [-0.25, -0.2) is 9.18 Å². The quantitative estimate of drug-likeness (QED) is 0.654. The van der Waals surface area contributed by atoms with Crippen LogP contribution in [-0.2, 0) is 16.0 Å². The van der Waals surface area contributed by atoms with Gasteiger partial charge in [-0.05, 0) is 49.1 Å². The summed E-state index contributed by atoms with van der Waals surface area (Å²) in [5.74, 6) is 0.130. The van der Waals surface area contributed by atoms with E-state index in [9.17, 15) is 14.0 Å². The second-order valence-corrected chi connectivity index (χ2v) is 8.73. The monoisotopic (exact) mass is 428 g/mol. The van der Waals surface area contributed by atoms with E-state index in [1.165, 1.54) is 29.5 Å². The van der Waals surface area contributed by atoms with Crippen LogP contribution in [0.4, 0.5) is 9.18 Å². The van der Waals surface area contributed by atoms with Crippen LogP contribution in [0.25, 0.3) is 0 Å². The number of piperidine rings is 1. The van der Waals surface area contributed by atoms with Gasteiger partial charge in [-0.2, -0.15) is 0 Å². The fourth-order valence-electron chi connectivity index (χ4n) is 4.12. The molecule has 0 spiro atoms. The Labute approximate surface area is 180 Å². The lowest BCUT2D eigenvalue weighted by Gasteiger charge is -2.38. The summed E-state index contributed by atoms with van der Waals surface area (Å²) in [5.41, 5.74) is 1.19. The molecule has 7 heteroatoms. The van der Waals surface area contributed by atoms with E-state index < -0.39 is 0 Å². The van der Waals surface area contributed by atoms with E-state index in [0.29, 0.717) is 25.4 Å². The van der Waals surface area contributed by atoms with Crippen molar-refractivity contribution < 1.29 is 18.7 Å². The van der Waals surface area contributed by atoms with Gasteiger partial charge in [0.15, 0.2) is 0 Å². The molecule has 0 bridgehead atoms. The van der Waals surface area contributed by atoms with Gasteiger partial charge in [0.2, 0.25) is 5.91 Å². The highest BCUT2D eigenvalue weighted by Crippen LogP contribution is 2.27. The average molecular weight is 429 g/mol. The molecule has 2 aromatic carbocycles. The standard InChI is InChI=1S/C23H25FN2O3S/c24-18-6-8-21(9-7-18)30-16-22(27)25-12-10-19(11-13-25)26-20(15-29-23(26)28)14-17-4-2-1-3-5-17/h1-9,19-20H,10-16H2/t20-/m1/s1. The van der Waals surface area contributed by atoms with Crippen LogP contribution < -0.4 is 0 Å². The van der Waals surface area contributed by atoms with Crippen molar-refractivity contribution in [3.05, 3.63) is 66.0 Å². The Morgan fingerprint density at radius 3 is 2.47 bits per heavy atom. The summed E-state index contributed by atoms with van der Waals surface area (Å²) >= 11 is 1.42. The number of cyclic esters (lactones) is 1. The summed E-state index contributed by atoms with van der Waals surface area (Å²) in [7, 11) is 0. The highest BCUT2D eigenvalue weighted by atomic mass is 32.2. The number of halogens is 1. The zero-order valence-corrected chi connectivity index (χ0v) is 17.5. The van der Waals surface area contributed by atoms with Gasteiger partial charge < -0.3 is 9.64 Å². The minimum atomic E-state index is -0.279. The fourth-order valence-corrected chi connectivity index (χ4v) is 4.92. The molecule has 0 unspecified atom stereocenters. The molecule has 2 aromatic rings. The Morgan fingerprint density at radius 2 is 1.77 bits per heavy atom. The van der Waals surface area contributed by atoms with E-state index >= 15 is 0 Å². The molecule has 2 saturated heterocycles. The van der Waals surface area contributed by atoms with Crippen molar-refractivity contribution in [2.24, 2.45) is 0 Å². The van der Waals surface area contributed by atoms with Gasteiger partial charge in [0, 0.05) is 24.0 Å². The van der Waals surface area contributed by atoms with E-state index in [2.05, 4.69) is 12.1 Å². The third-order valence-corrected chi connectivity index (χ3v) is 6.70. The molecule has 0 radical (unpaired) electrons. The van der Waals surface area contributed by atoms with Crippen LogP contribution in [0.15, 0.2) is 59.5 Å². The number of hydrogen-bond acceptors (Lipinski definition) is 4. The van der Waals surface area contributed by atoms with Crippen molar-refractivity contribution in [1.29, 1.82) is 0 Å². The zero-order chi connectivity index (χ0) is 20.9. The minimum Gasteiger partial charge on any atom is -0.447 e. The summed E-state index contributed by atoms with van der Waals surface area (Å²) in [6.07, 6.45) is 2.05. The predicted molar refractivity (Wildman–Crippen MR) is 114 cm³/mol. The van der Waals surface area contributed by atoms with Crippen molar-refractivity contribution in [2.75, 3.05) is 25.4 Å². The molecule has 2 heterocycles. The van der Waals surface area contributed by atoms with Gasteiger partial charge >= 0.3 is 6.09 Å². The van der Waals surface area contributed by atoms with Gasteiger partial charge in [0.25, 0.3) is 0 Å². The van der Waals surface area contributed by atoms with E-state index in [0.717, 1.165) is 24.2 Å². The summed E-state index contributed by atoms with van der Waals surface area (Å²) in [5, 5.41) is 0. The van der Waals surface area contributed by atoms with Crippen molar-refractivity contribution >= 4 is 23.8 Å². The maximum Gasteiger partial charge on any atom is 0.410 e. The van der Waals surface area contributed by atoms with Crippen LogP contribution in [0.1, 0.15) is 18.4 Å². The zero-order valence-electron chi connectivity index (χ0n) is 16.7. The lowest BCUT2D eigenvalue weighted by Crippen LogP contribution is -2.50. The number of ether oxygens (including phenoxy) is 1. The molecule has 0 aliphatic carbocycles. The first-order valence-corrected chi connectivity index (χ1v) is 11.2. The Morgan fingerprint density at radius 1 is 1.07 bits per heavy atom. The third-order valence-electron chi connectivity index (χ3n) is 5.70. The molecule has 0 aromatic heterocycles. The molecule has 1 atom stereocenters. The van der Waals surface area contributed by atoms with E-state index in [1.807, 2.05) is 28.0 Å². The molecule has 4 rings (SSSR count). The van der Waals surface area contributed by atoms with Gasteiger partial charge in [-0.1, -0.05) is 30.3 Å². The Bertz CT molecular complexity index is 870. The molecule has 30 heavy (non-hydrogen) atoms. The van der Waals surface area contributed by atoms with Crippen LogP contribution in [0, 0.1) is 5.82 Å². The fraction of sp³-hybridized carbons (Fsp3) is 0.391. The molecule has 5 nitrogen and oxygen atoms in total.